The van der Waals surface area contributed by atoms with Gasteiger partial charge in [-0.25, -0.2) is 0 Å². The van der Waals surface area contributed by atoms with Gasteiger partial charge < -0.3 is 20.2 Å². The molecule has 1 aliphatic rings. The van der Waals surface area contributed by atoms with Crippen molar-refractivity contribution >= 4 is 29.2 Å². The van der Waals surface area contributed by atoms with Crippen LogP contribution in [0.5, 0.6) is 0 Å². The second-order valence-corrected chi connectivity index (χ2v) is 11.5. The molecule has 0 aliphatic heterocycles. The molecule has 4 aromatic rings. The highest BCUT2D eigenvalue weighted by Crippen LogP contribution is 2.37. The predicted molar refractivity (Wildman–Crippen MR) is 175 cm³/mol. The van der Waals surface area contributed by atoms with Crippen LogP contribution in [0.2, 0.25) is 0 Å². The number of hydrogen-bond acceptors (Lipinski definition) is 6. The fourth-order valence-corrected chi connectivity index (χ4v) is 5.45. The number of carbonyl (C=O) groups is 3. The quantitative estimate of drug-likeness (QED) is 0.167. The minimum absolute atomic E-state index is 0.0321. The molecule has 2 aromatic carbocycles. The van der Waals surface area contributed by atoms with E-state index in [0.29, 0.717) is 16.8 Å². The van der Waals surface area contributed by atoms with Crippen molar-refractivity contribution in [2.45, 2.75) is 51.6 Å². The van der Waals surface area contributed by atoms with Crippen LogP contribution in [0.1, 0.15) is 66.6 Å². The zero-order valence-electron chi connectivity index (χ0n) is 25.7. The van der Waals surface area contributed by atoms with Crippen LogP contribution in [0, 0.1) is 5.92 Å². The number of pyridine rings is 2. The number of hydrogen-bond donors (Lipinski definition) is 2. The van der Waals surface area contributed by atoms with E-state index in [1.54, 1.807) is 47.9 Å². The molecular formula is C36H39N5O4. The number of carboxylic acid groups (broad SMARTS) is 1. The van der Waals surface area contributed by atoms with Gasteiger partial charge in [0.2, 0.25) is 5.91 Å². The molecule has 9 heteroatoms. The molecule has 232 valence electrons. The van der Waals surface area contributed by atoms with Gasteiger partial charge in [-0.15, -0.1) is 0 Å². The molecule has 2 amide bonds. The summed E-state index contributed by atoms with van der Waals surface area (Å²) in [6.07, 6.45) is 9.95. The molecule has 1 fully saturated rings. The zero-order chi connectivity index (χ0) is 31.8. The Balaban J connectivity index is 1.47. The number of aromatic nitrogens is 2. The minimum atomic E-state index is -0.976. The smallest absolute Gasteiger partial charge is 0.305 e. The molecule has 9 nitrogen and oxygen atoms in total. The molecule has 2 heterocycles. The summed E-state index contributed by atoms with van der Waals surface area (Å²) in [6, 6.07) is 20.4. The Bertz CT molecular complexity index is 1630. The summed E-state index contributed by atoms with van der Waals surface area (Å²) < 4.78 is 0. The Morgan fingerprint density at radius 3 is 2.38 bits per heavy atom. The number of benzene rings is 2. The normalized spacial score (nSPS) is 13.1. The number of rotatable bonds is 14. The Morgan fingerprint density at radius 1 is 0.956 bits per heavy atom. The lowest BCUT2D eigenvalue weighted by atomic mass is 9.99. The van der Waals surface area contributed by atoms with Gasteiger partial charge in [0, 0.05) is 50.8 Å². The summed E-state index contributed by atoms with van der Waals surface area (Å²) in [4.78, 5) is 50.8. The first-order valence-corrected chi connectivity index (χ1v) is 15.4. The number of unbranched alkanes of at least 4 members (excludes halogenated alkanes) is 1. The van der Waals surface area contributed by atoms with Crippen LogP contribution in [0.15, 0.2) is 91.5 Å². The van der Waals surface area contributed by atoms with Gasteiger partial charge in [0.05, 0.1) is 29.4 Å². The lowest BCUT2D eigenvalue weighted by Crippen LogP contribution is -2.36. The Kier molecular flexibility index (Phi) is 10.2. The van der Waals surface area contributed by atoms with Crippen molar-refractivity contribution in [2.24, 2.45) is 5.92 Å². The minimum Gasteiger partial charge on any atom is -0.481 e. The molecule has 1 unspecified atom stereocenters. The van der Waals surface area contributed by atoms with Gasteiger partial charge >= 0.3 is 5.97 Å². The molecule has 0 radical (unpaired) electrons. The maximum absolute atomic E-state index is 13.6. The van der Waals surface area contributed by atoms with Crippen molar-refractivity contribution in [1.82, 2.24) is 14.9 Å². The van der Waals surface area contributed by atoms with E-state index in [2.05, 4.69) is 27.1 Å². The number of carboxylic acids is 1. The van der Waals surface area contributed by atoms with E-state index >= 15 is 0 Å². The average Bonchev–Trinajstić information content (AvgIpc) is 3.92. The highest BCUT2D eigenvalue weighted by atomic mass is 16.4. The van der Waals surface area contributed by atoms with E-state index in [4.69, 9.17) is 0 Å². The summed E-state index contributed by atoms with van der Waals surface area (Å²) in [6.45, 7) is 3.26. The van der Waals surface area contributed by atoms with Crippen LogP contribution in [-0.2, 0) is 16.1 Å². The maximum atomic E-state index is 13.6. The third-order valence-electron chi connectivity index (χ3n) is 8.06. The third-order valence-corrected chi connectivity index (χ3v) is 8.06. The van der Waals surface area contributed by atoms with E-state index in [9.17, 15) is 19.5 Å². The lowest BCUT2D eigenvalue weighted by Gasteiger charge is -2.32. The molecule has 2 aromatic heterocycles. The number of amides is 2. The Morgan fingerprint density at radius 2 is 1.71 bits per heavy atom. The van der Waals surface area contributed by atoms with Gasteiger partial charge in [-0.05, 0) is 77.9 Å². The number of anilines is 2. The van der Waals surface area contributed by atoms with Crippen molar-refractivity contribution in [3.63, 3.8) is 0 Å². The van der Waals surface area contributed by atoms with Gasteiger partial charge in [-0.2, -0.15) is 0 Å². The second kappa shape index (κ2) is 14.6. The van der Waals surface area contributed by atoms with Gasteiger partial charge in [-0.1, -0.05) is 43.7 Å². The maximum Gasteiger partial charge on any atom is 0.305 e. The Hall–Kier alpha value is -5.05. The molecule has 5 rings (SSSR count). The molecule has 2 N–H and O–H groups in total. The second-order valence-electron chi connectivity index (χ2n) is 11.5. The van der Waals surface area contributed by atoms with Crippen molar-refractivity contribution in [3.8, 4) is 11.1 Å². The molecule has 0 bridgehead atoms. The molecule has 1 saturated carbocycles. The fraction of sp³-hybridized carbons (Fsp3) is 0.306. The number of nitrogens with zero attached hydrogens (tertiary/aromatic N) is 4. The van der Waals surface area contributed by atoms with Gasteiger partial charge in [-0.3, -0.25) is 24.4 Å². The summed E-state index contributed by atoms with van der Waals surface area (Å²) >= 11 is 0. The van der Waals surface area contributed by atoms with Crippen LogP contribution in [-0.4, -0.2) is 51.4 Å². The van der Waals surface area contributed by atoms with Gasteiger partial charge in [0.1, 0.15) is 0 Å². The van der Waals surface area contributed by atoms with E-state index in [1.807, 2.05) is 55.6 Å². The largest absolute Gasteiger partial charge is 0.481 e. The predicted octanol–water partition coefficient (Wildman–Crippen LogP) is 6.59. The van der Waals surface area contributed by atoms with Crippen LogP contribution in [0.3, 0.4) is 0 Å². The van der Waals surface area contributed by atoms with Crippen molar-refractivity contribution in [1.29, 1.82) is 0 Å². The van der Waals surface area contributed by atoms with Crippen LogP contribution < -0.4 is 10.2 Å². The number of aliphatic carboxylic acids is 1. The molecule has 45 heavy (non-hydrogen) atoms. The molecule has 1 aliphatic carbocycles. The molecule has 0 spiro atoms. The first-order valence-electron chi connectivity index (χ1n) is 15.4. The van der Waals surface area contributed by atoms with Crippen molar-refractivity contribution < 1.29 is 19.5 Å². The van der Waals surface area contributed by atoms with Crippen LogP contribution >= 0.6 is 0 Å². The molecular weight excluding hydrogens is 566 g/mol. The summed E-state index contributed by atoms with van der Waals surface area (Å²) in [7, 11) is 2.02. The van der Waals surface area contributed by atoms with Gasteiger partial charge in [0.25, 0.3) is 5.91 Å². The summed E-state index contributed by atoms with van der Waals surface area (Å²) in [5, 5.41) is 12.9. The first kappa shape index (κ1) is 31.4. The van der Waals surface area contributed by atoms with E-state index < -0.39 is 12.0 Å². The van der Waals surface area contributed by atoms with E-state index in [-0.39, 0.29) is 30.7 Å². The highest BCUT2D eigenvalue weighted by molar-refractivity contribution is 6.06. The lowest BCUT2D eigenvalue weighted by molar-refractivity contribution is -0.142. The van der Waals surface area contributed by atoms with E-state index in [0.717, 1.165) is 54.6 Å². The average molecular weight is 606 g/mol. The first-order chi connectivity index (χ1) is 21.8. The topological polar surface area (TPSA) is 116 Å². The molecule has 1 atom stereocenters. The van der Waals surface area contributed by atoms with E-state index in [1.165, 1.54) is 0 Å². The van der Waals surface area contributed by atoms with Crippen LogP contribution in [0.4, 0.5) is 11.4 Å². The van der Waals surface area contributed by atoms with Gasteiger partial charge in [0.15, 0.2) is 0 Å². The number of nitrogens with one attached hydrogen (secondary N) is 1. The third kappa shape index (κ3) is 8.12. The zero-order valence-corrected chi connectivity index (χ0v) is 25.7. The summed E-state index contributed by atoms with van der Waals surface area (Å²) in [5.74, 6) is -1.33. The Labute approximate surface area is 263 Å². The van der Waals surface area contributed by atoms with Crippen molar-refractivity contribution in [3.05, 3.63) is 108 Å². The summed E-state index contributed by atoms with van der Waals surface area (Å²) in [5.41, 5.74) is 5.47. The fourth-order valence-electron chi connectivity index (χ4n) is 5.45. The highest BCUT2D eigenvalue weighted by Gasteiger charge is 2.37. The van der Waals surface area contributed by atoms with Crippen LogP contribution in [0.25, 0.3) is 11.1 Å². The SMILES string of the molecule is CCCCN(C)c1ccc(-c2cccc(CN(C(=O)C3CC3)C(CC(=O)O)c3cccnc3)c2)cc1NC(=O)c1cccnc1. The standard InChI is InChI=1S/C36H39N5O4/c1-3-4-18-40(2)32-15-14-28(20-31(32)39-35(44)30-11-7-17-38-23-30)27-9-5-8-25(19-27)24-41(36(45)26-12-13-26)33(21-34(42)43)29-10-6-16-37-22-29/h5-11,14-17,19-20,22-23,26,33H,3-4,12-13,18,21,24H2,1-2H3,(H,39,44)(H,42,43). The number of carbonyl (C=O) groups excluding carboxylic acids is 2. The molecule has 0 saturated heterocycles. The monoisotopic (exact) mass is 605 g/mol. The van der Waals surface area contributed by atoms with Crippen molar-refractivity contribution in [2.75, 3.05) is 23.8 Å².